The number of fused-ring (bicyclic) bond motifs is 1. The third-order valence-electron chi connectivity index (χ3n) is 4.48. The van der Waals surface area contributed by atoms with Crippen LogP contribution >= 0.6 is 39.9 Å². The minimum Gasteiger partial charge on any atom is -0.299 e. The summed E-state index contributed by atoms with van der Waals surface area (Å²) in [6, 6.07) is 10.0. The maximum absolute atomic E-state index is 12.3. The van der Waals surface area contributed by atoms with Gasteiger partial charge in [-0.3, -0.25) is 4.90 Å². The van der Waals surface area contributed by atoms with E-state index in [1.807, 2.05) is 0 Å². The Hall–Kier alpha value is -0.700. The van der Waals surface area contributed by atoms with Crippen molar-refractivity contribution < 1.29 is 8.42 Å². The van der Waals surface area contributed by atoms with Crippen molar-refractivity contribution in [1.29, 1.82) is 0 Å². The molecule has 0 saturated heterocycles. The molecule has 0 amide bonds. The lowest BCUT2D eigenvalue weighted by molar-refractivity contribution is 0.249. The average Bonchev–Trinajstić information content (AvgIpc) is 2.63. The van der Waals surface area contributed by atoms with Crippen molar-refractivity contribution in [3.63, 3.8) is 0 Å². The third-order valence-corrected chi connectivity index (χ3v) is 7.05. The van der Waals surface area contributed by atoms with Crippen molar-refractivity contribution in [1.82, 2.24) is 14.6 Å². The standard InChI is InChI=1S/C18H21BrClN3O2S.ClH/c19-17-11-16(12-21-18(17)20)26(24,25)22-8-3-4-9-23-10-7-14-5-1-2-6-15(14)13-23;/h1-2,5-6,11-12,22H,3-4,7-10,13H2;1H. The van der Waals surface area contributed by atoms with Crippen LogP contribution in [0.3, 0.4) is 0 Å². The fraction of sp³-hybridized carbons (Fsp3) is 0.389. The van der Waals surface area contributed by atoms with E-state index in [2.05, 4.69) is 54.8 Å². The quantitative estimate of drug-likeness (QED) is 0.466. The van der Waals surface area contributed by atoms with Gasteiger partial charge in [0.1, 0.15) is 10.0 Å². The van der Waals surface area contributed by atoms with Crippen molar-refractivity contribution in [2.75, 3.05) is 19.6 Å². The van der Waals surface area contributed by atoms with E-state index in [0.717, 1.165) is 38.9 Å². The molecule has 5 nitrogen and oxygen atoms in total. The molecule has 9 heteroatoms. The molecule has 0 atom stereocenters. The molecule has 0 aliphatic carbocycles. The number of halogens is 3. The number of nitrogens with one attached hydrogen (secondary N) is 1. The van der Waals surface area contributed by atoms with Gasteiger partial charge in [0.2, 0.25) is 10.0 Å². The van der Waals surface area contributed by atoms with Gasteiger partial charge in [-0.15, -0.1) is 12.4 Å². The summed E-state index contributed by atoms with van der Waals surface area (Å²) >= 11 is 9.00. The van der Waals surface area contributed by atoms with Crippen molar-refractivity contribution in [3.8, 4) is 0 Å². The molecule has 1 aliphatic heterocycles. The summed E-state index contributed by atoms with van der Waals surface area (Å²) in [5.41, 5.74) is 2.85. The molecule has 0 fully saturated rings. The Morgan fingerprint density at radius 2 is 1.96 bits per heavy atom. The van der Waals surface area contributed by atoms with Crippen molar-refractivity contribution in [3.05, 3.63) is 57.3 Å². The molecule has 1 aromatic carbocycles. The number of sulfonamides is 1. The number of hydrogen-bond donors (Lipinski definition) is 1. The minimum absolute atomic E-state index is 0. The average molecular weight is 495 g/mol. The molecule has 0 unspecified atom stereocenters. The first kappa shape index (κ1) is 22.6. The first-order valence-corrected chi connectivity index (χ1v) is 11.2. The number of nitrogens with zero attached hydrogens (tertiary/aromatic N) is 2. The van der Waals surface area contributed by atoms with Crippen LogP contribution in [0.25, 0.3) is 0 Å². The summed E-state index contributed by atoms with van der Waals surface area (Å²) < 4.78 is 27.6. The lowest BCUT2D eigenvalue weighted by atomic mass is 10.00. The van der Waals surface area contributed by atoms with Gasteiger partial charge in [0.05, 0.1) is 4.47 Å². The Morgan fingerprint density at radius 1 is 1.22 bits per heavy atom. The van der Waals surface area contributed by atoms with E-state index in [4.69, 9.17) is 11.6 Å². The Kier molecular flexibility index (Phi) is 8.52. The topological polar surface area (TPSA) is 62.3 Å². The molecule has 0 spiro atoms. The van der Waals surface area contributed by atoms with Gasteiger partial charge in [-0.1, -0.05) is 35.9 Å². The van der Waals surface area contributed by atoms with E-state index in [-0.39, 0.29) is 22.5 Å². The summed E-state index contributed by atoms with van der Waals surface area (Å²) in [6.45, 7) is 3.43. The highest BCUT2D eigenvalue weighted by molar-refractivity contribution is 9.10. The number of benzene rings is 1. The van der Waals surface area contributed by atoms with E-state index >= 15 is 0 Å². The van der Waals surface area contributed by atoms with Crippen molar-refractivity contribution in [2.45, 2.75) is 30.7 Å². The second-order valence-electron chi connectivity index (χ2n) is 6.34. The SMILES string of the molecule is Cl.O=S(=O)(NCCCCN1CCc2ccccc2C1)c1cnc(Cl)c(Br)c1. The number of hydrogen-bond acceptors (Lipinski definition) is 4. The molecular formula is C18H22BrCl2N3O2S. The molecule has 1 aromatic heterocycles. The lowest BCUT2D eigenvalue weighted by Crippen LogP contribution is -2.32. The van der Waals surface area contributed by atoms with Crippen LogP contribution in [-0.2, 0) is 23.0 Å². The zero-order chi connectivity index (χ0) is 18.6. The molecule has 0 saturated carbocycles. The van der Waals surface area contributed by atoms with Crippen LogP contribution in [0.2, 0.25) is 5.15 Å². The predicted octanol–water partition coefficient (Wildman–Crippen LogP) is 4.04. The van der Waals surface area contributed by atoms with Crippen LogP contribution in [0.15, 0.2) is 45.9 Å². The van der Waals surface area contributed by atoms with Crippen LogP contribution in [0.5, 0.6) is 0 Å². The third kappa shape index (κ3) is 6.14. The highest BCUT2D eigenvalue weighted by atomic mass is 79.9. The Balaban J connectivity index is 0.00000261. The Bertz CT molecular complexity index is 881. The van der Waals surface area contributed by atoms with E-state index in [1.54, 1.807) is 0 Å². The van der Waals surface area contributed by atoms with E-state index in [1.165, 1.54) is 23.4 Å². The summed E-state index contributed by atoms with van der Waals surface area (Å²) in [5, 5.41) is 0.243. The Morgan fingerprint density at radius 3 is 2.70 bits per heavy atom. The molecule has 148 valence electrons. The van der Waals surface area contributed by atoms with Gasteiger partial charge in [0.15, 0.2) is 0 Å². The fourth-order valence-corrected chi connectivity index (χ4v) is 4.69. The van der Waals surface area contributed by atoms with Gasteiger partial charge >= 0.3 is 0 Å². The van der Waals surface area contributed by atoms with Gasteiger partial charge < -0.3 is 0 Å². The van der Waals surface area contributed by atoms with Crippen molar-refractivity contribution in [2.24, 2.45) is 0 Å². The van der Waals surface area contributed by atoms with Crippen LogP contribution in [0.1, 0.15) is 24.0 Å². The molecule has 27 heavy (non-hydrogen) atoms. The summed E-state index contributed by atoms with van der Waals surface area (Å²) in [4.78, 5) is 6.40. The zero-order valence-corrected chi connectivity index (χ0v) is 18.7. The molecule has 0 radical (unpaired) electrons. The smallest absolute Gasteiger partial charge is 0.242 e. The molecule has 0 bridgehead atoms. The van der Waals surface area contributed by atoms with E-state index in [0.29, 0.717) is 11.0 Å². The molecule has 1 aliphatic rings. The summed E-state index contributed by atoms with van der Waals surface area (Å²) in [6.07, 6.45) is 4.09. The van der Waals surface area contributed by atoms with Gasteiger partial charge in [-0.05, 0) is 58.9 Å². The maximum Gasteiger partial charge on any atom is 0.242 e. The normalized spacial score (nSPS) is 14.4. The fourth-order valence-electron chi connectivity index (χ4n) is 3.05. The molecule has 2 aromatic rings. The van der Waals surface area contributed by atoms with Crippen molar-refractivity contribution >= 4 is 50.0 Å². The Labute approximate surface area is 180 Å². The van der Waals surface area contributed by atoms with Crippen LogP contribution in [-0.4, -0.2) is 37.9 Å². The number of pyridine rings is 1. The summed E-state index contributed by atoms with van der Waals surface area (Å²) in [7, 11) is -3.56. The number of rotatable bonds is 7. The molecule has 3 rings (SSSR count). The van der Waals surface area contributed by atoms with Crippen LogP contribution in [0, 0.1) is 0 Å². The van der Waals surface area contributed by atoms with Gasteiger partial charge in [-0.2, -0.15) is 0 Å². The number of unbranched alkanes of at least 4 members (excludes halogenated alkanes) is 1. The highest BCUT2D eigenvalue weighted by Crippen LogP contribution is 2.22. The van der Waals surface area contributed by atoms with E-state index in [9.17, 15) is 8.42 Å². The minimum atomic E-state index is -3.56. The lowest BCUT2D eigenvalue weighted by Gasteiger charge is -2.28. The molecule has 2 heterocycles. The first-order valence-electron chi connectivity index (χ1n) is 8.55. The van der Waals surface area contributed by atoms with Gasteiger partial charge in [0, 0.05) is 25.8 Å². The van der Waals surface area contributed by atoms with E-state index < -0.39 is 10.0 Å². The van der Waals surface area contributed by atoms with Gasteiger partial charge in [-0.25, -0.2) is 18.1 Å². The first-order chi connectivity index (χ1) is 12.5. The van der Waals surface area contributed by atoms with Crippen LogP contribution < -0.4 is 4.72 Å². The second kappa shape index (κ2) is 10.2. The van der Waals surface area contributed by atoms with Crippen LogP contribution in [0.4, 0.5) is 0 Å². The highest BCUT2D eigenvalue weighted by Gasteiger charge is 2.17. The molecular weight excluding hydrogens is 473 g/mol. The monoisotopic (exact) mass is 493 g/mol. The zero-order valence-electron chi connectivity index (χ0n) is 14.7. The maximum atomic E-state index is 12.3. The molecule has 1 N–H and O–H groups in total. The predicted molar refractivity (Wildman–Crippen MR) is 114 cm³/mol. The largest absolute Gasteiger partial charge is 0.299 e. The second-order valence-corrected chi connectivity index (χ2v) is 9.32. The number of aromatic nitrogens is 1. The van der Waals surface area contributed by atoms with Gasteiger partial charge in [0.25, 0.3) is 0 Å². The summed E-state index contributed by atoms with van der Waals surface area (Å²) in [5.74, 6) is 0.